The summed E-state index contributed by atoms with van der Waals surface area (Å²) in [6.45, 7) is 7.27. The third-order valence-corrected chi connectivity index (χ3v) is 5.42. The number of carbonyl (C=O) groups is 1. The number of aromatic nitrogens is 3. The number of amides is 1. The van der Waals surface area contributed by atoms with E-state index in [-0.39, 0.29) is 17.4 Å². The van der Waals surface area contributed by atoms with Crippen LogP contribution in [0, 0.1) is 5.41 Å². The predicted octanol–water partition coefficient (Wildman–Crippen LogP) is 3.62. The maximum absolute atomic E-state index is 13.0. The van der Waals surface area contributed by atoms with E-state index in [0.717, 1.165) is 17.4 Å². The van der Waals surface area contributed by atoms with Crippen molar-refractivity contribution in [2.24, 2.45) is 5.41 Å². The fourth-order valence-electron chi connectivity index (χ4n) is 3.90. The summed E-state index contributed by atoms with van der Waals surface area (Å²) in [5.41, 5.74) is 3.87. The summed E-state index contributed by atoms with van der Waals surface area (Å²) in [6.07, 6.45) is 8.89. The first-order valence-electron chi connectivity index (χ1n) is 8.11. The van der Waals surface area contributed by atoms with E-state index in [2.05, 4.69) is 58.9 Å². The molecule has 1 atom stereocenters. The highest BCUT2D eigenvalue weighted by Crippen LogP contribution is 2.43. The summed E-state index contributed by atoms with van der Waals surface area (Å²) in [5, 5.41) is 4.41. The van der Waals surface area contributed by atoms with Crippen LogP contribution in [-0.4, -0.2) is 38.0 Å². The Morgan fingerprint density at radius 1 is 1.42 bits per heavy atom. The lowest BCUT2D eigenvalue weighted by Gasteiger charge is -2.39. The molecule has 3 heterocycles. The van der Waals surface area contributed by atoms with Crippen molar-refractivity contribution in [3.8, 4) is 0 Å². The van der Waals surface area contributed by atoms with E-state index in [1.165, 1.54) is 11.1 Å². The molecule has 0 radical (unpaired) electrons. The number of hydrogen-bond donors (Lipinski definition) is 0. The van der Waals surface area contributed by atoms with E-state index < -0.39 is 0 Å². The van der Waals surface area contributed by atoms with Crippen molar-refractivity contribution >= 4 is 27.5 Å². The van der Waals surface area contributed by atoms with Crippen molar-refractivity contribution < 1.29 is 4.79 Å². The summed E-state index contributed by atoms with van der Waals surface area (Å²) in [6, 6.07) is 1.83. The second-order valence-electron chi connectivity index (χ2n) is 7.02. The van der Waals surface area contributed by atoms with Gasteiger partial charge in [-0.3, -0.25) is 4.79 Å². The standard InChI is InChI=1S/C18H19BrN4O/c1-11-16-12(4-6-18(16,2)3)5-7-22(11)17(24)14-8-15-20-9-13(19)10-23(15)21-14/h4,6,8-11H,5,7H2,1-3H3. The Labute approximate surface area is 149 Å². The van der Waals surface area contributed by atoms with Gasteiger partial charge in [0, 0.05) is 30.4 Å². The molecule has 0 N–H and O–H groups in total. The van der Waals surface area contributed by atoms with Gasteiger partial charge in [-0.25, -0.2) is 9.50 Å². The minimum Gasteiger partial charge on any atom is -0.330 e. The van der Waals surface area contributed by atoms with Crippen LogP contribution in [0.5, 0.6) is 0 Å². The molecule has 0 bridgehead atoms. The topological polar surface area (TPSA) is 50.5 Å². The number of carbonyl (C=O) groups excluding carboxylic acids is 1. The molecule has 124 valence electrons. The molecule has 1 amide bonds. The van der Waals surface area contributed by atoms with Gasteiger partial charge in [0.1, 0.15) is 0 Å². The average Bonchev–Trinajstić information content (AvgIpc) is 3.08. The zero-order valence-electron chi connectivity index (χ0n) is 14.0. The number of hydrogen-bond acceptors (Lipinski definition) is 3. The van der Waals surface area contributed by atoms with Crippen molar-refractivity contribution in [3.63, 3.8) is 0 Å². The van der Waals surface area contributed by atoms with Crippen LogP contribution in [-0.2, 0) is 0 Å². The molecule has 1 aliphatic carbocycles. The molecule has 2 aromatic heterocycles. The van der Waals surface area contributed by atoms with Gasteiger partial charge in [0.2, 0.25) is 0 Å². The molecule has 0 aromatic carbocycles. The fourth-order valence-corrected chi connectivity index (χ4v) is 4.20. The lowest BCUT2D eigenvalue weighted by molar-refractivity contribution is 0.0690. The Bertz CT molecular complexity index is 909. The van der Waals surface area contributed by atoms with Crippen LogP contribution in [0.2, 0.25) is 0 Å². The second kappa shape index (κ2) is 5.28. The molecule has 0 saturated heterocycles. The first-order valence-corrected chi connectivity index (χ1v) is 8.91. The van der Waals surface area contributed by atoms with Crippen molar-refractivity contribution in [3.05, 3.63) is 51.9 Å². The van der Waals surface area contributed by atoms with Gasteiger partial charge in [0.05, 0.1) is 10.5 Å². The van der Waals surface area contributed by atoms with Gasteiger partial charge in [-0.2, -0.15) is 5.10 Å². The Morgan fingerprint density at radius 3 is 3.00 bits per heavy atom. The maximum atomic E-state index is 13.0. The molecule has 0 spiro atoms. The highest BCUT2D eigenvalue weighted by molar-refractivity contribution is 9.10. The molecule has 2 aliphatic rings. The van der Waals surface area contributed by atoms with E-state index >= 15 is 0 Å². The number of halogens is 1. The van der Waals surface area contributed by atoms with Crippen molar-refractivity contribution in [1.29, 1.82) is 0 Å². The van der Waals surface area contributed by atoms with Crippen LogP contribution < -0.4 is 0 Å². The third kappa shape index (κ3) is 2.32. The second-order valence-corrected chi connectivity index (χ2v) is 7.94. The maximum Gasteiger partial charge on any atom is 0.274 e. The highest BCUT2D eigenvalue weighted by Gasteiger charge is 2.39. The Hall–Kier alpha value is -1.95. The predicted molar refractivity (Wildman–Crippen MR) is 95.7 cm³/mol. The van der Waals surface area contributed by atoms with Crippen molar-refractivity contribution in [1.82, 2.24) is 19.5 Å². The molecule has 4 rings (SSSR count). The minimum absolute atomic E-state index is 0.0129. The van der Waals surface area contributed by atoms with Gasteiger partial charge >= 0.3 is 0 Å². The molecule has 1 aliphatic heterocycles. The molecule has 2 aromatic rings. The summed E-state index contributed by atoms with van der Waals surface area (Å²) in [7, 11) is 0. The average molecular weight is 387 g/mol. The third-order valence-electron chi connectivity index (χ3n) is 5.01. The first kappa shape index (κ1) is 15.6. The molecule has 24 heavy (non-hydrogen) atoms. The van der Waals surface area contributed by atoms with Crippen LogP contribution in [0.15, 0.2) is 46.2 Å². The lowest BCUT2D eigenvalue weighted by Crippen LogP contribution is -2.45. The lowest BCUT2D eigenvalue weighted by atomic mass is 9.79. The molecular weight excluding hydrogens is 368 g/mol. The van der Waals surface area contributed by atoms with Gasteiger partial charge in [-0.05, 0) is 40.4 Å². The van der Waals surface area contributed by atoms with E-state index in [0.29, 0.717) is 11.3 Å². The largest absolute Gasteiger partial charge is 0.330 e. The molecule has 0 fully saturated rings. The zero-order valence-corrected chi connectivity index (χ0v) is 15.5. The van der Waals surface area contributed by atoms with Crippen LogP contribution in [0.4, 0.5) is 0 Å². The molecule has 6 heteroatoms. The quantitative estimate of drug-likeness (QED) is 0.751. The monoisotopic (exact) mass is 386 g/mol. The summed E-state index contributed by atoms with van der Waals surface area (Å²) in [4.78, 5) is 19.3. The minimum atomic E-state index is -0.0293. The van der Waals surface area contributed by atoms with E-state index in [4.69, 9.17) is 0 Å². The molecule has 0 saturated carbocycles. The zero-order chi connectivity index (χ0) is 17.1. The van der Waals surface area contributed by atoms with Crippen LogP contribution in [0.3, 0.4) is 0 Å². The van der Waals surface area contributed by atoms with Crippen molar-refractivity contribution in [2.75, 3.05) is 6.54 Å². The summed E-state index contributed by atoms with van der Waals surface area (Å²) in [5.74, 6) is -0.0293. The van der Waals surface area contributed by atoms with Crippen molar-refractivity contribution in [2.45, 2.75) is 33.2 Å². The SMILES string of the molecule is CC1C2=C(C=CC2(C)C)CCN1C(=O)c1cc2ncc(Br)cn2n1. The van der Waals surface area contributed by atoms with Gasteiger partial charge in [-0.1, -0.05) is 26.0 Å². The van der Waals surface area contributed by atoms with E-state index in [1.807, 2.05) is 11.1 Å². The molecular formula is C18H19BrN4O. The van der Waals surface area contributed by atoms with Gasteiger partial charge in [0.15, 0.2) is 11.3 Å². The van der Waals surface area contributed by atoms with Crippen LogP contribution >= 0.6 is 15.9 Å². The smallest absolute Gasteiger partial charge is 0.274 e. The number of rotatable bonds is 1. The van der Waals surface area contributed by atoms with Gasteiger partial charge < -0.3 is 4.90 Å². The number of nitrogens with zero attached hydrogens (tertiary/aromatic N) is 4. The van der Waals surface area contributed by atoms with E-state index in [1.54, 1.807) is 16.8 Å². The van der Waals surface area contributed by atoms with Gasteiger partial charge in [0.25, 0.3) is 5.91 Å². The van der Waals surface area contributed by atoms with Gasteiger partial charge in [-0.15, -0.1) is 0 Å². The van der Waals surface area contributed by atoms with Crippen LogP contribution in [0.1, 0.15) is 37.7 Å². The number of fused-ring (bicyclic) bond motifs is 1. The van der Waals surface area contributed by atoms with E-state index in [9.17, 15) is 4.79 Å². The normalized spacial score (nSPS) is 22.3. The summed E-state index contributed by atoms with van der Waals surface area (Å²) >= 11 is 3.38. The summed E-state index contributed by atoms with van der Waals surface area (Å²) < 4.78 is 2.47. The molecule has 1 unspecified atom stereocenters. The highest BCUT2D eigenvalue weighted by atomic mass is 79.9. The number of allylic oxidation sites excluding steroid dienone is 2. The fraction of sp³-hybridized carbons (Fsp3) is 0.389. The Morgan fingerprint density at radius 2 is 2.21 bits per heavy atom. The first-order chi connectivity index (χ1) is 11.4. The Balaban J connectivity index is 1.67. The van der Waals surface area contributed by atoms with Crippen LogP contribution in [0.25, 0.3) is 5.65 Å². The Kier molecular flexibility index (Phi) is 3.42. The molecule has 5 nitrogen and oxygen atoms in total.